The average molecular weight is 327 g/mol. The van der Waals surface area contributed by atoms with E-state index in [4.69, 9.17) is 4.74 Å². The lowest BCUT2D eigenvalue weighted by Crippen LogP contribution is -2.17. The fourth-order valence-electron chi connectivity index (χ4n) is 1.52. The molecular weight excluding hydrogens is 319 g/mol. The van der Waals surface area contributed by atoms with E-state index in [-0.39, 0.29) is 17.1 Å². The Morgan fingerprint density at radius 3 is 2.30 bits per heavy atom. The summed E-state index contributed by atoms with van der Waals surface area (Å²) in [7, 11) is 0. The van der Waals surface area contributed by atoms with Crippen molar-refractivity contribution in [1.29, 1.82) is 0 Å². The second-order valence-electron chi connectivity index (χ2n) is 4.20. The summed E-state index contributed by atoms with van der Waals surface area (Å²) in [5, 5.41) is 12.7. The van der Waals surface area contributed by atoms with Crippen LogP contribution in [-0.2, 0) is 6.18 Å². The van der Waals surface area contributed by atoms with E-state index in [2.05, 4.69) is 10.3 Å². The molecule has 2 aromatic rings. The van der Waals surface area contributed by atoms with Crippen LogP contribution >= 0.6 is 0 Å². The van der Waals surface area contributed by atoms with E-state index in [9.17, 15) is 28.1 Å². The summed E-state index contributed by atoms with van der Waals surface area (Å²) in [6.07, 6.45) is -4.71. The van der Waals surface area contributed by atoms with Gasteiger partial charge >= 0.3 is 12.3 Å². The van der Waals surface area contributed by atoms with Crippen molar-refractivity contribution in [3.63, 3.8) is 0 Å². The highest BCUT2D eigenvalue weighted by atomic mass is 19.4. The van der Waals surface area contributed by atoms with Crippen molar-refractivity contribution in [2.45, 2.75) is 6.18 Å². The summed E-state index contributed by atoms with van der Waals surface area (Å²) in [6.45, 7) is 0. The number of nitro groups is 1. The highest BCUT2D eigenvalue weighted by molar-refractivity contribution is 5.86. The van der Waals surface area contributed by atoms with E-state index in [0.29, 0.717) is 6.07 Å². The van der Waals surface area contributed by atoms with Crippen molar-refractivity contribution >= 4 is 17.5 Å². The van der Waals surface area contributed by atoms with Crippen molar-refractivity contribution in [3.05, 3.63) is 58.4 Å². The molecule has 0 saturated heterocycles. The molecule has 0 aliphatic carbocycles. The van der Waals surface area contributed by atoms with E-state index >= 15 is 0 Å². The Morgan fingerprint density at radius 2 is 1.83 bits per heavy atom. The van der Waals surface area contributed by atoms with Crippen LogP contribution in [-0.4, -0.2) is 16.0 Å². The number of hydrogen-bond acceptors (Lipinski definition) is 5. The summed E-state index contributed by atoms with van der Waals surface area (Å²) in [6, 6.07) is 6.43. The van der Waals surface area contributed by atoms with Gasteiger partial charge in [-0.15, -0.1) is 0 Å². The summed E-state index contributed by atoms with van der Waals surface area (Å²) >= 11 is 0. The van der Waals surface area contributed by atoms with E-state index in [0.717, 1.165) is 24.4 Å². The van der Waals surface area contributed by atoms with Gasteiger partial charge in [-0.2, -0.15) is 13.2 Å². The van der Waals surface area contributed by atoms with Crippen LogP contribution in [0.4, 0.5) is 29.3 Å². The van der Waals surface area contributed by atoms with E-state index < -0.39 is 22.9 Å². The number of aromatic nitrogens is 1. The van der Waals surface area contributed by atoms with Gasteiger partial charge in [0.2, 0.25) is 0 Å². The third-order valence-corrected chi connectivity index (χ3v) is 2.56. The molecule has 23 heavy (non-hydrogen) atoms. The zero-order valence-corrected chi connectivity index (χ0v) is 11.2. The summed E-state index contributed by atoms with van der Waals surface area (Å²) in [4.78, 5) is 24.6. The van der Waals surface area contributed by atoms with Crippen molar-refractivity contribution in [3.8, 4) is 5.75 Å². The molecule has 0 aliphatic heterocycles. The van der Waals surface area contributed by atoms with Crippen LogP contribution < -0.4 is 10.1 Å². The lowest BCUT2D eigenvalue weighted by atomic mass is 10.3. The number of nitrogens with one attached hydrogen (secondary N) is 1. The van der Waals surface area contributed by atoms with Gasteiger partial charge in [-0.1, -0.05) is 0 Å². The van der Waals surface area contributed by atoms with Crippen molar-refractivity contribution in [2.24, 2.45) is 0 Å². The van der Waals surface area contributed by atoms with Crippen LogP contribution in [0.1, 0.15) is 5.69 Å². The number of halogens is 3. The lowest BCUT2D eigenvalue weighted by molar-refractivity contribution is -0.384. The van der Waals surface area contributed by atoms with Crippen LogP contribution in [0.15, 0.2) is 42.6 Å². The molecule has 120 valence electrons. The van der Waals surface area contributed by atoms with Crippen LogP contribution in [0, 0.1) is 10.1 Å². The van der Waals surface area contributed by atoms with Crippen LogP contribution in [0.25, 0.3) is 0 Å². The molecule has 0 aliphatic rings. The standard InChI is InChI=1S/C13H8F3N3O4/c14-13(15,16)11-6-1-8(7-17-11)18-12(20)23-10-4-2-9(3-5-10)19(21)22/h1-7H,(H,18,20). The van der Waals surface area contributed by atoms with Gasteiger partial charge < -0.3 is 4.74 Å². The number of amides is 1. The largest absolute Gasteiger partial charge is 0.433 e. The van der Waals surface area contributed by atoms with Gasteiger partial charge in [-0.25, -0.2) is 9.78 Å². The number of hydrogen-bond donors (Lipinski definition) is 1. The minimum atomic E-state index is -4.57. The van der Waals surface area contributed by atoms with Gasteiger partial charge in [0, 0.05) is 12.1 Å². The first-order chi connectivity index (χ1) is 10.8. The quantitative estimate of drug-likeness (QED) is 0.686. The maximum atomic E-state index is 12.3. The number of pyridine rings is 1. The predicted octanol–water partition coefficient (Wildman–Crippen LogP) is 3.62. The number of alkyl halides is 3. The Labute approximate surface area is 126 Å². The second kappa shape index (κ2) is 6.30. The number of benzene rings is 1. The Hall–Kier alpha value is -3.17. The topological polar surface area (TPSA) is 94.4 Å². The Balaban J connectivity index is 1.98. The molecule has 2 rings (SSSR count). The van der Waals surface area contributed by atoms with Gasteiger partial charge in [-0.3, -0.25) is 15.4 Å². The molecule has 0 fully saturated rings. The van der Waals surface area contributed by atoms with Crippen LogP contribution in [0.2, 0.25) is 0 Å². The fraction of sp³-hybridized carbons (Fsp3) is 0.0769. The molecule has 1 aromatic carbocycles. The van der Waals surface area contributed by atoms with Gasteiger partial charge in [0.05, 0.1) is 16.8 Å². The molecule has 1 heterocycles. The molecule has 10 heteroatoms. The monoisotopic (exact) mass is 327 g/mol. The Bertz CT molecular complexity index is 715. The third kappa shape index (κ3) is 4.40. The number of carbonyl (C=O) groups excluding carboxylic acids is 1. The van der Waals surface area contributed by atoms with Crippen molar-refractivity contribution in [2.75, 3.05) is 5.32 Å². The SMILES string of the molecule is O=C(Nc1ccc(C(F)(F)F)nc1)Oc1ccc([N+](=O)[O-])cc1. The molecule has 1 amide bonds. The highest BCUT2D eigenvalue weighted by Crippen LogP contribution is 2.27. The summed E-state index contributed by atoms with van der Waals surface area (Å²) in [5.74, 6) is 0.0352. The molecular formula is C13H8F3N3O4. The molecule has 0 saturated carbocycles. The molecule has 0 unspecified atom stereocenters. The minimum Gasteiger partial charge on any atom is -0.410 e. The third-order valence-electron chi connectivity index (χ3n) is 2.56. The first-order valence-corrected chi connectivity index (χ1v) is 6.02. The van der Waals surface area contributed by atoms with Gasteiger partial charge in [0.25, 0.3) is 5.69 Å². The van der Waals surface area contributed by atoms with E-state index in [1.807, 2.05) is 0 Å². The molecule has 0 spiro atoms. The lowest BCUT2D eigenvalue weighted by Gasteiger charge is -2.08. The highest BCUT2D eigenvalue weighted by Gasteiger charge is 2.32. The van der Waals surface area contributed by atoms with E-state index in [1.54, 1.807) is 0 Å². The zero-order valence-electron chi connectivity index (χ0n) is 11.2. The summed E-state index contributed by atoms with van der Waals surface area (Å²) in [5.41, 5.74) is -1.26. The Morgan fingerprint density at radius 1 is 1.17 bits per heavy atom. The Kier molecular flexibility index (Phi) is 4.44. The maximum absolute atomic E-state index is 12.3. The molecule has 7 nitrogen and oxygen atoms in total. The molecule has 0 atom stereocenters. The van der Waals surface area contributed by atoms with Crippen molar-refractivity contribution in [1.82, 2.24) is 4.98 Å². The fourth-order valence-corrected chi connectivity index (χ4v) is 1.52. The van der Waals surface area contributed by atoms with Crippen LogP contribution in [0.5, 0.6) is 5.75 Å². The second-order valence-corrected chi connectivity index (χ2v) is 4.20. The number of nitrogens with zero attached hydrogens (tertiary/aromatic N) is 2. The van der Waals surface area contributed by atoms with Gasteiger partial charge in [0.15, 0.2) is 0 Å². The number of carbonyl (C=O) groups is 1. The zero-order chi connectivity index (χ0) is 17.0. The summed E-state index contributed by atoms with van der Waals surface area (Å²) < 4.78 is 41.8. The molecule has 1 aromatic heterocycles. The molecule has 1 N–H and O–H groups in total. The predicted molar refractivity (Wildman–Crippen MR) is 72.0 cm³/mol. The first-order valence-electron chi connectivity index (χ1n) is 6.02. The number of ether oxygens (including phenoxy) is 1. The molecule has 0 bridgehead atoms. The maximum Gasteiger partial charge on any atom is 0.433 e. The minimum absolute atomic E-state index is 0.00455. The number of nitro benzene ring substituents is 1. The van der Waals surface area contributed by atoms with Crippen LogP contribution in [0.3, 0.4) is 0 Å². The average Bonchev–Trinajstić information content (AvgIpc) is 2.47. The van der Waals surface area contributed by atoms with Gasteiger partial charge in [0.1, 0.15) is 11.4 Å². The number of non-ortho nitro benzene ring substituents is 1. The number of rotatable bonds is 3. The van der Waals surface area contributed by atoms with Gasteiger partial charge in [-0.05, 0) is 24.3 Å². The van der Waals surface area contributed by atoms with Crippen molar-refractivity contribution < 1.29 is 27.6 Å². The molecule has 0 radical (unpaired) electrons. The first kappa shape index (κ1) is 16.2. The number of anilines is 1. The normalized spacial score (nSPS) is 10.9. The smallest absolute Gasteiger partial charge is 0.410 e. The van der Waals surface area contributed by atoms with E-state index in [1.165, 1.54) is 12.1 Å².